The molecule has 3 fully saturated rings. The standard InChI is InChI=1S/C30H35N24O19P3/c31-19-10-22(40-4-37-19)52(28(43-10)46-49-34)25-16(58)13(55)7(69-25)2-67-75(62,63)73-18-15(57)9(71-27(18)54-24-12(21(33)39-6-42-24)45-30(54)48-51-36)3-68-76(64,65)72-17-14(56)8(1-66-74(59,60)61)70-26(17)53-23-11(20(32)38-5-41-23)44-29(53)47-50-35/h4-9,13-18,25-27,55-58H,1-3H2,(H,62,63)(H,64,65)(H2,31,37,40)(H2,32,38,41)(H2,33,39,42)(H2,59,60,61)/p-3. The summed E-state index contributed by atoms with van der Waals surface area (Å²) in [6.07, 6.45) is -21.5. The lowest BCUT2D eigenvalue weighted by atomic mass is 10.1. The molecule has 3 aliphatic rings. The lowest BCUT2D eigenvalue weighted by Gasteiger charge is -2.31. The Labute approximate surface area is 417 Å². The third-order valence-corrected chi connectivity index (χ3v) is 13.7. The summed E-state index contributed by atoms with van der Waals surface area (Å²) in [7, 11) is -17.3. The Morgan fingerprint density at radius 3 is 1.24 bits per heavy atom. The van der Waals surface area contributed by atoms with Gasteiger partial charge < -0.3 is 94.0 Å². The van der Waals surface area contributed by atoms with Gasteiger partial charge in [0.05, 0.1) is 19.8 Å². The summed E-state index contributed by atoms with van der Waals surface area (Å²) in [5.74, 6) is -2.53. The van der Waals surface area contributed by atoms with Gasteiger partial charge in [0.25, 0.3) is 23.5 Å². The van der Waals surface area contributed by atoms with Gasteiger partial charge in [0.1, 0.15) is 73.9 Å². The zero-order chi connectivity index (χ0) is 54.6. The van der Waals surface area contributed by atoms with Gasteiger partial charge in [-0.25, -0.2) is 44.9 Å². The number of fused-ring (bicyclic) bond motifs is 3. The van der Waals surface area contributed by atoms with Crippen molar-refractivity contribution in [3.63, 3.8) is 0 Å². The molecule has 0 aromatic carbocycles. The molecule has 0 amide bonds. The molecule has 3 saturated heterocycles. The average Bonchev–Trinajstić information content (AvgIpc) is 4.20. The highest BCUT2D eigenvalue weighted by molar-refractivity contribution is 7.46. The molecule has 404 valence electrons. The van der Waals surface area contributed by atoms with Crippen molar-refractivity contribution in [1.82, 2.24) is 58.6 Å². The fourth-order valence-electron chi connectivity index (χ4n) is 8.07. The van der Waals surface area contributed by atoms with Crippen LogP contribution in [0, 0.1) is 0 Å². The number of phosphoric ester groups is 3. The first-order valence-corrected chi connectivity index (χ1v) is 25.2. The third kappa shape index (κ3) is 10.4. The molecule has 76 heavy (non-hydrogen) atoms. The monoisotopic (exact) mass is 1130 g/mol. The van der Waals surface area contributed by atoms with E-state index in [1.165, 1.54) is 0 Å². The second-order valence-corrected chi connectivity index (χ2v) is 19.7. The normalized spacial score (nSPS) is 28.9. The molecule has 43 nitrogen and oxygen atoms in total. The number of aliphatic hydroxyl groups excluding tert-OH is 4. The van der Waals surface area contributed by atoms with E-state index in [-0.39, 0.29) is 50.9 Å². The van der Waals surface area contributed by atoms with Crippen LogP contribution in [0.5, 0.6) is 0 Å². The van der Waals surface area contributed by atoms with E-state index in [2.05, 4.69) is 79.5 Å². The van der Waals surface area contributed by atoms with E-state index in [9.17, 15) is 64.8 Å². The highest BCUT2D eigenvalue weighted by atomic mass is 31.2. The Balaban J connectivity index is 0.978. The first-order valence-electron chi connectivity index (χ1n) is 20.8. The van der Waals surface area contributed by atoms with E-state index < -0.39 is 135 Å². The topological polar surface area (TPSA) is 651 Å². The van der Waals surface area contributed by atoms with Gasteiger partial charge in [0.15, 0.2) is 69.6 Å². The van der Waals surface area contributed by atoms with Crippen molar-refractivity contribution >= 4 is 92.3 Å². The summed E-state index contributed by atoms with van der Waals surface area (Å²) in [6, 6.07) is 0. The molecule has 46 heteroatoms. The number of nitrogens with two attached hydrogens (primary N) is 3. The highest BCUT2D eigenvalue weighted by Gasteiger charge is 2.52. The van der Waals surface area contributed by atoms with Crippen LogP contribution in [0.4, 0.5) is 35.3 Å². The van der Waals surface area contributed by atoms with Gasteiger partial charge in [-0.3, -0.25) is 27.4 Å². The zero-order valence-electron chi connectivity index (χ0n) is 37.2. The van der Waals surface area contributed by atoms with Crippen molar-refractivity contribution in [1.29, 1.82) is 0 Å². The number of anilines is 3. The predicted molar refractivity (Wildman–Crippen MR) is 234 cm³/mol. The molecule has 0 aliphatic carbocycles. The van der Waals surface area contributed by atoms with Crippen LogP contribution in [0.15, 0.2) is 34.3 Å². The number of phosphoric acid groups is 3. The summed E-state index contributed by atoms with van der Waals surface area (Å²) >= 11 is 0. The number of imidazole rings is 3. The van der Waals surface area contributed by atoms with E-state index in [0.29, 0.717) is 0 Å². The molecule has 6 aromatic heterocycles. The average molecular weight is 1130 g/mol. The van der Waals surface area contributed by atoms with E-state index in [4.69, 9.17) is 55.0 Å². The second kappa shape index (κ2) is 20.9. The molecule has 15 atom stereocenters. The fourth-order valence-corrected chi connectivity index (χ4v) is 10.2. The van der Waals surface area contributed by atoms with Crippen LogP contribution >= 0.6 is 23.5 Å². The summed E-state index contributed by atoms with van der Waals surface area (Å²) < 4.78 is 83.8. The van der Waals surface area contributed by atoms with E-state index in [1.54, 1.807) is 0 Å². The number of hydrogen-bond donors (Lipinski definition) is 8. The molecule has 6 aromatic rings. The first kappa shape index (κ1) is 53.8. The quantitative estimate of drug-likeness (QED) is 0.0179. The Hall–Kier alpha value is -6.97. The molecule has 11 N–H and O–H groups in total. The molecule has 0 spiro atoms. The SMILES string of the molecule is [N-]=[N+]=Nc1nc2c(N)ncnc2n1C1OC(COP(=O)([O-])OC2C(O)C(COP(=O)([O-])OC3C(O)C(COP(=O)([O-])O)OC3n3c(N=[N+]=[N-])nc4c(N)ncnc43)OC2n2c(N=[N+]=[N-])nc3c(N)ncnc32)C(O)C1O. The van der Waals surface area contributed by atoms with Crippen molar-refractivity contribution in [2.24, 2.45) is 15.3 Å². The Bertz CT molecular complexity index is 3530. The number of ether oxygens (including phenoxy) is 3. The predicted octanol–water partition coefficient (Wildman–Crippen LogP) is -2.57. The van der Waals surface area contributed by atoms with Gasteiger partial charge >= 0.3 is 0 Å². The van der Waals surface area contributed by atoms with Gasteiger partial charge in [-0.1, -0.05) is 0 Å². The van der Waals surface area contributed by atoms with Crippen molar-refractivity contribution in [3.05, 3.63) is 50.3 Å². The molecule has 0 bridgehead atoms. The maximum Gasteiger partial charge on any atom is 0.268 e. The van der Waals surface area contributed by atoms with Gasteiger partial charge in [-0.05, 0) is 31.9 Å². The molecular weight excluding hydrogens is 1090 g/mol. The van der Waals surface area contributed by atoms with E-state index in [0.717, 1.165) is 32.7 Å². The minimum Gasteiger partial charge on any atom is -0.756 e. The lowest BCUT2D eigenvalue weighted by molar-refractivity contribution is -0.238. The fraction of sp³-hybridized carbons (Fsp3) is 0.500. The van der Waals surface area contributed by atoms with Crippen LogP contribution in [0.2, 0.25) is 0 Å². The van der Waals surface area contributed by atoms with Crippen LogP contribution in [0.3, 0.4) is 0 Å². The highest BCUT2D eigenvalue weighted by Crippen LogP contribution is 2.51. The minimum atomic E-state index is -5.95. The number of nitrogens with zero attached hydrogens (tertiary/aromatic N) is 21. The molecule has 9 rings (SSSR count). The molecule has 3 aliphatic heterocycles. The van der Waals surface area contributed by atoms with Crippen LogP contribution in [-0.4, -0.2) is 159 Å². The molecule has 0 saturated carbocycles. The molecular formula is C30H32N24O19P3-3. The largest absolute Gasteiger partial charge is 0.756 e. The number of rotatable bonds is 19. The summed E-state index contributed by atoms with van der Waals surface area (Å²) in [6.45, 7) is -3.63. The number of azide groups is 3. The third-order valence-electron chi connectivity index (χ3n) is 11.3. The smallest absolute Gasteiger partial charge is 0.268 e. The van der Waals surface area contributed by atoms with Crippen LogP contribution in [0.25, 0.3) is 64.8 Å². The van der Waals surface area contributed by atoms with Crippen molar-refractivity contribution in [2.45, 2.75) is 73.6 Å². The van der Waals surface area contributed by atoms with Crippen LogP contribution in [-0.2, 0) is 50.5 Å². The summed E-state index contributed by atoms with van der Waals surface area (Å²) in [4.78, 5) is 91.6. The molecule has 15 unspecified atom stereocenters. The van der Waals surface area contributed by atoms with Gasteiger partial charge in [-0.2, -0.15) is 0 Å². The number of aliphatic hydroxyl groups is 4. The molecule has 9 heterocycles. The number of nitrogen functional groups attached to an aromatic ring is 3. The number of aromatic nitrogens is 12. The molecule has 0 radical (unpaired) electrons. The minimum absolute atomic E-state index is 0.100. The second-order valence-electron chi connectivity index (χ2n) is 15.8. The zero-order valence-corrected chi connectivity index (χ0v) is 39.9. The van der Waals surface area contributed by atoms with E-state index >= 15 is 0 Å². The first-order chi connectivity index (χ1) is 36.0. The van der Waals surface area contributed by atoms with Crippen molar-refractivity contribution in [3.8, 4) is 0 Å². The number of hydrogen-bond acceptors (Lipinski definition) is 33. The Morgan fingerprint density at radius 1 is 0.553 bits per heavy atom. The summed E-state index contributed by atoms with van der Waals surface area (Å²) in [5, 5.41) is 55.3. The Kier molecular flexibility index (Phi) is 14.8. The van der Waals surface area contributed by atoms with Crippen LogP contribution < -0.4 is 31.9 Å². The van der Waals surface area contributed by atoms with Gasteiger partial charge in [0.2, 0.25) is 17.8 Å². The van der Waals surface area contributed by atoms with Crippen LogP contribution in [0.1, 0.15) is 18.7 Å². The lowest BCUT2D eigenvalue weighted by Crippen LogP contribution is -2.38. The summed E-state index contributed by atoms with van der Waals surface area (Å²) in [5.41, 5.74) is 44.2. The Morgan fingerprint density at radius 2 is 0.882 bits per heavy atom. The maximum atomic E-state index is 13.8. The van der Waals surface area contributed by atoms with E-state index in [1.807, 2.05) is 0 Å². The van der Waals surface area contributed by atoms with Gasteiger partial charge in [-0.15, -0.1) is 0 Å². The van der Waals surface area contributed by atoms with Crippen molar-refractivity contribution < 1.29 is 90.5 Å². The van der Waals surface area contributed by atoms with Crippen molar-refractivity contribution in [2.75, 3.05) is 37.0 Å². The maximum absolute atomic E-state index is 13.8. The van der Waals surface area contributed by atoms with Gasteiger partial charge in [0, 0.05) is 14.7 Å².